The topological polar surface area (TPSA) is 26.7 Å². The van der Waals surface area contributed by atoms with Gasteiger partial charge in [-0.1, -0.05) is 6.07 Å². The van der Waals surface area contributed by atoms with Gasteiger partial charge in [0, 0.05) is 37.3 Å². The number of aliphatic hydroxyl groups excluding tert-OH is 1. The number of rotatable bonds is 3. The number of benzene rings is 1. The fourth-order valence-electron chi connectivity index (χ4n) is 2.51. The molecule has 3 nitrogen and oxygen atoms in total. The Morgan fingerprint density at radius 3 is 2.74 bits per heavy atom. The van der Waals surface area contributed by atoms with E-state index in [9.17, 15) is 13.9 Å². The van der Waals surface area contributed by atoms with E-state index in [-0.39, 0.29) is 11.6 Å². The molecule has 0 saturated carbocycles. The van der Waals surface area contributed by atoms with Crippen LogP contribution in [0.15, 0.2) is 18.2 Å². The Morgan fingerprint density at radius 1 is 1.32 bits per heavy atom. The molecule has 0 aromatic heterocycles. The first-order chi connectivity index (χ1) is 8.97. The molecule has 1 aromatic rings. The van der Waals surface area contributed by atoms with Crippen LogP contribution in [0.3, 0.4) is 0 Å². The van der Waals surface area contributed by atoms with E-state index < -0.39 is 17.7 Å². The van der Waals surface area contributed by atoms with Crippen molar-refractivity contribution in [3.8, 4) is 0 Å². The average Bonchev–Trinajstić information content (AvgIpc) is 2.33. The molecule has 2 atom stereocenters. The van der Waals surface area contributed by atoms with Crippen LogP contribution in [0.25, 0.3) is 0 Å². The zero-order chi connectivity index (χ0) is 14.0. The Kier molecular flexibility index (Phi) is 4.50. The summed E-state index contributed by atoms with van der Waals surface area (Å²) in [5.41, 5.74) is 0.169. The Bertz CT molecular complexity index is 441. The molecule has 0 spiro atoms. The van der Waals surface area contributed by atoms with Gasteiger partial charge in [0.05, 0.1) is 6.10 Å². The summed E-state index contributed by atoms with van der Waals surface area (Å²) >= 11 is 0. The van der Waals surface area contributed by atoms with E-state index in [0.29, 0.717) is 6.42 Å². The van der Waals surface area contributed by atoms with Gasteiger partial charge in [0.25, 0.3) is 0 Å². The highest BCUT2D eigenvalue weighted by Gasteiger charge is 2.26. The van der Waals surface area contributed by atoms with Crippen molar-refractivity contribution in [1.82, 2.24) is 9.80 Å². The number of likely N-dealkylation sites (N-methyl/N-ethyl adjacent to an activating group) is 2. The van der Waals surface area contributed by atoms with Crippen LogP contribution in [0.4, 0.5) is 8.78 Å². The Hall–Kier alpha value is -1.04. The maximum absolute atomic E-state index is 13.6. The van der Waals surface area contributed by atoms with Crippen LogP contribution in [0.2, 0.25) is 0 Å². The van der Waals surface area contributed by atoms with E-state index in [4.69, 9.17) is 0 Å². The van der Waals surface area contributed by atoms with Gasteiger partial charge in [0.1, 0.15) is 11.6 Å². The number of hydrogen-bond acceptors (Lipinski definition) is 3. The quantitative estimate of drug-likeness (QED) is 0.904. The van der Waals surface area contributed by atoms with Gasteiger partial charge < -0.3 is 14.9 Å². The highest BCUT2D eigenvalue weighted by atomic mass is 19.1. The number of hydrogen-bond donors (Lipinski definition) is 1. The maximum Gasteiger partial charge on any atom is 0.131 e. The monoisotopic (exact) mass is 270 g/mol. The third-order valence-corrected chi connectivity index (χ3v) is 3.80. The third kappa shape index (κ3) is 3.49. The van der Waals surface area contributed by atoms with E-state index >= 15 is 0 Å². The van der Waals surface area contributed by atoms with Crippen molar-refractivity contribution in [1.29, 1.82) is 0 Å². The molecule has 0 radical (unpaired) electrons. The maximum atomic E-state index is 13.6. The summed E-state index contributed by atoms with van der Waals surface area (Å²) < 4.78 is 26.5. The largest absolute Gasteiger partial charge is 0.388 e. The summed E-state index contributed by atoms with van der Waals surface area (Å²) in [6.07, 6.45) is -0.455. The molecule has 0 amide bonds. The minimum Gasteiger partial charge on any atom is -0.388 e. The molecule has 1 saturated heterocycles. The second-order valence-corrected chi connectivity index (χ2v) is 5.31. The summed E-state index contributed by atoms with van der Waals surface area (Å²) in [4.78, 5) is 4.36. The van der Waals surface area contributed by atoms with Crippen molar-refractivity contribution in [2.45, 2.75) is 18.6 Å². The fraction of sp³-hybridized carbons (Fsp3) is 0.571. The molecule has 1 aliphatic rings. The zero-order valence-corrected chi connectivity index (χ0v) is 11.3. The molecule has 0 aliphatic carbocycles. The third-order valence-electron chi connectivity index (χ3n) is 3.80. The van der Waals surface area contributed by atoms with Crippen molar-refractivity contribution in [2.75, 3.05) is 33.7 Å². The fourth-order valence-corrected chi connectivity index (χ4v) is 2.51. The van der Waals surface area contributed by atoms with Crippen LogP contribution in [-0.2, 0) is 0 Å². The first-order valence-corrected chi connectivity index (χ1v) is 6.49. The molecule has 19 heavy (non-hydrogen) atoms. The van der Waals surface area contributed by atoms with Gasteiger partial charge in [0.15, 0.2) is 0 Å². The molecule has 1 aliphatic heterocycles. The summed E-state index contributed by atoms with van der Waals surface area (Å²) in [5, 5.41) is 10.1. The molecule has 5 heteroatoms. The lowest BCUT2D eigenvalue weighted by molar-refractivity contribution is 0.0621. The van der Waals surface area contributed by atoms with Crippen LogP contribution >= 0.6 is 0 Å². The van der Waals surface area contributed by atoms with Crippen LogP contribution < -0.4 is 0 Å². The minimum atomic E-state index is -0.903. The van der Waals surface area contributed by atoms with Crippen LogP contribution in [0.5, 0.6) is 0 Å². The van der Waals surface area contributed by atoms with E-state index in [1.54, 1.807) is 0 Å². The van der Waals surface area contributed by atoms with Gasteiger partial charge >= 0.3 is 0 Å². The predicted molar refractivity (Wildman–Crippen MR) is 69.8 cm³/mol. The van der Waals surface area contributed by atoms with Crippen molar-refractivity contribution < 1.29 is 13.9 Å². The normalized spacial score (nSPS) is 23.5. The lowest BCUT2D eigenvalue weighted by Gasteiger charge is -2.38. The SMILES string of the molecule is CN1CCN(C)C(CC(O)c2ccc(F)cc2F)C1. The van der Waals surface area contributed by atoms with Crippen molar-refractivity contribution in [3.63, 3.8) is 0 Å². The smallest absolute Gasteiger partial charge is 0.131 e. The lowest BCUT2D eigenvalue weighted by atomic mass is 9.99. The molecule has 1 aromatic carbocycles. The highest BCUT2D eigenvalue weighted by molar-refractivity contribution is 5.21. The highest BCUT2D eigenvalue weighted by Crippen LogP contribution is 2.24. The second-order valence-electron chi connectivity index (χ2n) is 5.31. The lowest BCUT2D eigenvalue weighted by Crippen LogP contribution is -2.50. The van der Waals surface area contributed by atoms with Gasteiger partial charge in [-0.3, -0.25) is 0 Å². The molecule has 1 N–H and O–H groups in total. The predicted octanol–water partition coefficient (Wildman–Crippen LogP) is 1.63. The van der Waals surface area contributed by atoms with Gasteiger partial charge in [-0.25, -0.2) is 8.78 Å². The van der Waals surface area contributed by atoms with E-state index in [0.717, 1.165) is 25.7 Å². The van der Waals surface area contributed by atoms with Crippen molar-refractivity contribution in [3.05, 3.63) is 35.4 Å². The Balaban J connectivity index is 2.05. The van der Waals surface area contributed by atoms with Crippen LogP contribution in [-0.4, -0.2) is 54.7 Å². The van der Waals surface area contributed by atoms with E-state index in [2.05, 4.69) is 9.80 Å². The second kappa shape index (κ2) is 5.94. The molecule has 1 heterocycles. The molecule has 0 bridgehead atoms. The zero-order valence-electron chi connectivity index (χ0n) is 11.3. The van der Waals surface area contributed by atoms with Crippen LogP contribution in [0, 0.1) is 11.6 Å². The minimum absolute atomic E-state index is 0.169. The number of halogens is 2. The van der Waals surface area contributed by atoms with Crippen molar-refractivity contribution in [2.24, 2.45) is 0 Å². The summed E-state index contributed by atoms with van der Waals surface area (Å²) in [7, 11) is 4.04. The first-order valence-electron chi connectivity index (χ1n) is 6.49. The van der Waals surface area contributed by atoms with Gasteiger partial charge in [-0.05, 0) is 26.6 Å². The van der Waals surface area contributed by atoms with E-state index in [1.807, 2.05) is 14.1 Å². The summed E-state index contributed by atoms with van der Waals surface area (Å²) in [5.74, 6) is -1.30. The van der Waals surface area contributed by atoms with Crippen LogP contribution in [0.1, 0.15) is 18.1 Å². The Morgan fingerprint density at radius 2 is 2.05 bits per heavy atom. The van der Waals surface area contributed by atoms with E-state index in [1.165, 1.54) is 12.1 Å². The summed E-state index contributed by atoms with van der Waals surface area (Å²) in [6, 6.07) is 3.49. The van der Waals surface area contributed by atoms with Gasteiger partial charge in [-0.15, -0.1) is 0 Å². The molecular formula is C14H20F2N2O. The van der Waals surface area contributed by atoms with Gasteiger partial charge in [0.2, 0.25) is 0 Å². The summed E-state index contributed by atoms with van der Waals surface area (Å²) in [6.45, 7) is 2.77. The molecule has 2 unspecified atom stereocenters. The Labute approximate surface area is 112 Å². The molecule has 106 valence electrons. The van der Waals surface area contributed by atoms with Gasteiger partial charge in [-0.2, -0.15) is 0 Å². The number of piperazine rings is 1. The molecular weight excluding hydrogens is 250 g/mol. The number of aliphatic hydroxyl groups is 1. The van der Waals surface area contributed by atoms with Crippen molar-refractivity contribution >= 4 is 0 Å². The molecule has 1 fully saturated rings. The first kappa shape index (κ1) is 14.4. The molecule has 2 rings (SSSR count). The standard InChI is InChI=1S/C14H20F2N2O/c1-17-5-6-18(2)11(9-17)8-14(19)12-4-3-10(15)7-13(12)16/h3-4,7,11,14,19H,5-6,8-9H2,1-2H3. The average molecular weight is 270 g/mol. The number of nitrogens with zero attached hydrogens (tertiary/aromatic N) is 2.